The zero-order valence-corrected chi connectivity index (χ0v) is 17.2. The highest BCUT2D eigenvalue weighted by Gasteiger charge is 2.17. The SMILES string of the molecule is CCOCCCNC(=O)C(=O)Nc1ccccc1C(=O)NCc1ccccc1OC. The summed E-state index contributed by atoms with van der Waals surface area (Å²) in [5.74, 6) is -1.32. The predicted octanol–water partition coefficient (Wildman–Crippen LogP) is 2.11. The molecule has 0 saturated carbocycles. The lowest BCUT2D eigenvalue weighted by Gasteiger charge is -2.13. The number of hydrogen-bond acceptors (Lipinski definition) is 5. The van der Waals surface area contributed by atoms with Crippen molar-refractivity contribution in [1.82, 2.24) is 10.6 Å². The summed E-state index contributed by atoms with van der Waals surface area (Å²) in [4.78, 5) is 36.8. The van der Waals surface area contributed by atoms with Crippen molar-refractivity contribution in [2.24, 2.45) is 0 Å². The molecule has 8 nitrogen and oxygen atoms in total. The van der Waals surface area contributed by atoms with E-state index in [9.17, 15) is 14.4 Å². The fourth-order valence-corrected chi connectivity index (χ4v) is 2.69. The summed E-state index contributed by atoms with van der Waals surface area (Å²) in [5, 5.41) is 7.82. The number of hydrogen-bond donors (Lipinski definition) is 3. The first-order chi connectivity index (χ1) is 14.6. The van der Waals surface area contributed by atoms with Crippen molar-refractivity contribution >= 4 is 23.4 Å². The first kappa shape index (κ1) is 22.9. The van der Waals surface area contributed by atoms with Gasteiger partial charge < -0.3 is 25.4 Å². The summed E-state index contributed by atoms with van der Waals surface area (Å²) in [6.45, 7) is 3.58. The van der Waals surface area contributed by atoms with Crippen LogP contribution in [0.4, 0.5) is 5.69 Å². The first-order valence-corrected chi connectivity index (χ1v) is 9.72. The second kappa shape index (κ2) is 12.2. The lowest BCUT2D eigenvalue weighted by molar-refractivity contribution is -0.136. The first-order valence-electron chi connectivity index (χ1n) is 9.72. The Labute approximate surface area is 175 Å². The van der Waals surface area contributed by atoms with Gasteiger partial charge in [0.2, 0.25) is 0 Å². The Kier molecular flexibility index (Phi) is 9.33. The smallest absolute Gasteiger partial charge is 0.313 e. The van der Waals surface area contributed by atoms with Crippen molar-refractivity contribution in [3.63, 3.8) is 0 Å². The molecule has 0 atom stereocenters. The minimum atomic E-state index is -0.837. The third kappa shape index (κ3) is 6.89. The van der Waals surface area contributed by atoms with E-state index < -0.39 is 11.8 Å². The maximum atomic E-state index is 12.6. The molecule has 2 aromatic carbocycles. The zero-order chi connectivity index (χ0) is 21.8. The Hall–Kier alpha value is -3.39. The van der Waals surface area contributed by atoms with Crippen LogP contribution in [0.1, 0.15) is 29.3 Å². The Morgan fingerprint density at radius 2 is 1.67 bits per heavy atom. The molecular weight excluding hydrogens is 386 g/mol. The van der Waals surface area contributed by atoms with Gasteiger partial charge >= 0.3 is 11.8 Å². The third-order valence-electron chi connectivity index (χ3n) is 4.21. The molecule has 0 radical (unpaired) electrons. The summed E-state index contributed by atoms with van der Waals surface area (Å²) in [7, 11) is 1.56. The zero-order valence-electron chi connectivity index (χ0n) is 17.2. The summed E-state index contributed by atoms with van der Waals surface area (Å²) in [6.07, 6.45) is 0.606. The Morgan fingerprint density at radius 3 is 2.43 bits per heavy atom. The van der Waals surface area contributed by atoms with E-state index in [0.29, 0.717) is 31.9 Å². The average Bonchev–Trinajstić information content (AvgIpc) is 2.77. The van der Waals surface area contributed by atoms with Crippen molar-refractivity contribution < 1.29 is 23.9 Å². The molecule has 2 rings (SSSR count). The number of anilines is 1. The molecule has 3 amide bonds. The molecule has 2 aromatic rings. The fraction of sp³-hybridized carbons (Fsp3) is 0.318. The van der Waals surface area contributed by atoms with E-state index >= 15 is 0 Å². The van der Waals surface area contributed by atoms with Gasteiger partial charge in [-0.3, -0.25) is 14.4 Å². The molecule has 0 saturated heterocycles. The van der Waals surface area contributed by atoms with Gasteiger partial charge in [-0.1, -0.05) is 30.3 Å². The number of benzene rings is 2. The number of methoxy groups -OCH3 is 1. The van der Waals surface area contributed by atoms with Gasteiger partial charge in [0.25, 0.3) is 5.91 Å². The monoisotopic (exact) mass is 413 g/mol. The third-order valence-corrected chi connectivity index (χ3v) is 4.21. The van der Waals surface area contributed by atoms with Gasteiger partial charge in [0.05, 0.1) is 18.4 Å². The molecule has 0 aromatic heterocycles. The molecule has 3 N–H and O–H groups in total. The van der Waals surface area contributed by atoms with Gasteiger partial charge in [0.1, 0.15) is 5.75 Å². The molecule has 0 spiro atoms. The predicted molar refractivity (Wildman–Crippen MR) is 113 cm³/mol. The maximum absolute atomic E-state index is 12.6. The van der Waals surface area contributed by atoms with Crippen LogP contribution in [0.3, 0.4) is 0 Å². The number of para-hydroxylation sites is 2. The van der Waals surface area contributed by atoms with Crippen molar-refractivity contribution in [3.8, 4) is 5.75 Å². The lowest BCUT2D eigenvalue weighted by Crippen LogP contribution is -2.36. The van der Waals surface area contributed by atoms with Crippen molar-refractivity contribution in [3.05, 3.63) is 59.7 Å². The average molecular weight is 413 g/mol. The summed E-state index contributed by atoms with van der Waals surface area (Å²) < 4.78 is 10.5. The lowest BCUT2D eigenvalue weighted by atomic mass is 10.1. The van der Waals surface area contributed by atoms with Gasteiger partial charge in [-0.15, -0.1) is 0 Å². The van der Waals surface area contributed by atoms with Crippen LogP contribution in [0, 0.1) is 0 Å². The van der Waals surface area contributed by atoms with Crippen LogP contribution in [0.15, 0.2) is 48.5 Å². The van der Waals surface area contributed by atoms with Crippen molar-refractivity contribution in [2.75, 3.05) is 32.2 Å². The van der Waals surface area contributed by atoms with E-state index in [2.05, 4.69) is 16.0 Å². The topological polar surface area (TPSA) is 106 Å². The van der Waals surface area contributed by atoms with Crippen LogP contribution >= 0.6 is 0 Å². The molecule has 0 aliphatic heterocycles. The van der Waals surface area contributed by atoms with Gasteiger partial charge in [-0.05, 0) is 31.5 Å². The van der Waals surface area contributed by atoms with Crippen LogP contribution in [0.2, 0.25) is 0 Å². The van der Waals surface area contributed by atoms with E-state index in [4.69, 9.17) is 9.47 Å². The molecular formula is C22H27N3O5. The second-order valence-electron chi connectivity index (χ2n) is 6.30. The van der Waals surface area contributed by atoms with Crippen LogP contribution in [-0.2, 0) is 20.9 Å². The van der Waals surface area contributed by atoms with Crippen LogP contribution in [-0.4, -0.2) is 44.6 Å². The van der Waals surface area contributed by atoms with Gasteiger partial charge in [0.15, 0.2) is 0 Å². The van der Waals surface area contributed by atoms with E-state index in [1.165, 1.54) is 0 Å². The van der Waals surface area contributed by atoms with Gasteiger partial charge in [-0.2, -0.15) is 0 Å². The molecule has 160 valence electrons. The maximum Gasteiger partial charge on any atom is 0.313 e. The molecule has 0 aliphatic rings. The molecule has 30 heavy (non-hydrogen) atoms. The number of carbonyl (C=O) groups is 3. The highest BCUT2D eigenvalue weighted by molar-refractivity contribution is 6.40. The van der Waals surface area contributed by atoms with Gasteiger partial charge in [0, 0.05) is 31.9 Å². The van der Waals surface area contributed by atoms with Gasteiger partial charge in [-0.25, -0.2) is 0 Å². The summed E-state index contributed by atoms with van der Waals surface area (Å²) in [6, 6.07) is 13.9. The quantitative estimate of drug-likeness (QED) is 0.409. The minimum Gasteiger partial charge on any atom is -0.496 e. The largest absolute Gasteiger partial charge is 0.496 e. The second-order valence-corrected chi connectivity index (χ2v) is 6.30. The highest BCUT2D eigenvalue weighted by Crippen LogP contribution is 2.18. The van der Waals surface area contributed by atoms with E-state index in [-0.39, 0.29) is 23.7 Å². The number of amides is 3. The standard InChI is InChI=1S/C22H27N3O5/c1-3-30-14-8-13-23-21(27)22(28)25-18-11-6-5-10-17(18)20(26)24-15-16-9-4-7-12-19(16)29-2/h4-7,9-12H,3,8,13-15H2,1-2H3,(H,23,27)(H,24,26)(H,25,28). The number of nitrogens with one attached hydrogen (secondary N) is 3. The molecule has 0 unspecified atom stereocenters. The summed E-state index contributed by atoms with van der Waals surface area (Å²) >= 11 is 0. The van der Waals surface area contributed by atoms with Crippen LogP contribution in [0.25, 0.3) is 0 Å². The van der Waals surface area contributed by atoms with Crippen molar-refractivity contribution in [2.45, 2.75) is 19.9 Å². The van der Waals surface area contributed by atoms with E-state index in [0.717, 1.165) is 5.56 Å². The highest BCUT2D eigenvalue weighted by atomic mass is 16.5. The number of rotatable bonds is 10. The molecule has 8 heteroatoms. The van der Waals surface area contributed by atoms with E-state index in [1.54, 1.807) is 31.4 Å². The number of ether oxygens (including phenoxy) is 2. The summed E-state index contributed by atoms with van der Waals surface area (Å²) in [5.41, 5.74) is 1.33. The normalized spacial score (nSPS) is 10.2. The Bertz CT molecular complexity index is 869. The Morgan fingerprint density at radius 1 is 0.933 bits per heavy atom. The molecule has 0 aliphatic carbocycles. The van der Waals surface area contributed by atoms with Crippen molar-refractivity contribution in [1.29, 1.82) is 0 Å². The van der Waals surface area contributed by atoms with Crippen LogP contribution in [0.5, 0.6) is 5.75 Å². The number of carbonyl (C=O) groups excluding carboxylic acids is 3. The Balaban J connectivity index is 1.95. The molecule has 0 bridgehead atoms. The fourth-order valence-electron chi connectivity index (χ4n) is 2.69. The minimum absolute atomic E-state index is 0.254. The molecule has 0 fully saturated rings. The van der Waals surface area contributed by atoms with Crippen LogP contribution < -0.4 is 20.7 Å². The van der Waals surface area contributed by atoms with E-state index in [1.807, 2.05) is 31.2 Å². The molecule has 0 heterocycles.